The molecule has 0 spiro atoms. The summed E-state index contributed by atoms with van der Waals surface area (Å²) in [5.74, 6) is -1.03. The lowest BCUT2D eigenvalue weighted by molar-refractivity contribution is 0.122. The van der Waals surface area contributed by atoms with Gasteiger partial charge in [-0.3, -0.25) is 14.1 Å². The molecule has 0 radical (unpaired) electrons. The van der Waals surface area contributed by atoms with E-state index >= 15 is 0 Å². The number of aromatic hydroxyl groups is 1. The summed E-state index contributed by atoms with van der Waals surface area (Å²) in [6.07, 6.45) is 3.70. The van der Waals surface area contributed by atoms with Crippen molar-refractivity contribution in [3.05, 3.63) is 68.3 Å². The van der Waals surface area contributed by atoms with Crippen LogP contribution in [0.2, 0.25) is 5.02 Å². The van der Waals surface area contributed by atoms with E-state index in [2.05, 4.69) is 14.9 Å². The van der Waals surface area contributed by atoms with Gasteiger partial charge in [-0.25, -0.2) is 19.2 Å². The Balaban J connectivity index is 1.45. The molecule has 2 fully saturated rings. The van der Waals surface area contributed by atoms with Crippen molar-refractivity contribution in [2.24, 2.45) is 0 Å². The van der Waals surface area contributed by atoms with Crippen LogP contribution in [-0.2, 0) is 11.2 Å². The number of nitrogens with zero attached hydrogens (tertiary/aromatic N) is 6. The van der Waals surface area contributed by atoms with Crippen molar-refractivity contribution in [2.45, 2.75) is 6.42 Å². The summed E-state index contributed by atoms with van der Waals surface area (Å²) in [7, 11) is 1.72. The number of rotatable bonds is 5. The highest BCUT2D eigenvalue weighted by Gasteiger charge is 2.31. The number of aromatic nitrogens is 3. The third-order valence-corrected chi connectivity index (χ3v) is 8.16. The maximum absolute atomic E-state index is 13.5. The number of amides is 2. The van der Waals surface area contributed by atoms with Gasteiger partial charge in [-0.2, -0.15) is 0 Å². The predicted octanol–water partition coefficient (Wildman–Crippen LogP) is 3.62. The average Bonchev–Trinajstić information content (AvgIpc) is 3.54. The van der Waals surface area contributed by atoms with E-state index in [-0.39, 0.29) is 22.4 Å². The van der Waals surface area contributed by atoms with Gasteiger partial charge in [0, 0.05) is 56.9 Å². The zero-order valence-electron chi connectivity index (χ0n) is 20.9. The van der Waals surface area contributed by atoms with E-state index in [1.165, 1.54) is 21.8 Å². The van der Waals surface area contributed by atoms with Crippen LogP contribution < -0.4 is 15.4 Å². The van der Waals surface area contributed by atoms with Gasteiger partial charge in [0.05, 0.1) is 29.6 Å². The van der Waals surface area contributed by atoms with Crippen molar-refractivity contribution in [1.82, 2.24) is 19.3 Å². The highest BCUT2D eigenvalue weighted by Crippen LogP contribution is 2.34. The number of ether oxygens (including phenoxy) is 1. The number of morpholine rings is 1. The zero-order valence-corrected chi connectivity index (χ0v) is 22.5. The Morgan fingerprint density at radius 2 is 1.95 bits per heavy atom. The fourth-order valence-corrected chi connectivity index (χ4v) is 5.90. The molecule has 0 unspecified atom stereocenters. The first-order valence-corrected chi connectivity index (χ1v) is 13.5. The fraction of sp³-hybridized carbons (Fsp3) is 0.308. The quantitative estimate of drug-likeness (QED) is 0.391. The largest absolute Gasteiger partial charge is 0.501 e. The van der Waals surface area contributed by atoms with Gasteiger partial charge < -0.3 is 19.6 Å². The van der Waals surface area contributed by atoms with E-state index < -0.39 is 17.1 Å². The number of likely N-dealkylation sites (N-methyl/N-ethyl adjacent to an activating group) is 1. The van der Waals surface area contributed by atoms with Gasteiger partial charge in [-0.15, -0.1) is 11.3 Å². The molecular weight excluding hydrogens is 547 g/mol. The standard InChI is InChI=1S/C26H24ClFN6O4S/c1-31-4-5-33(26(31)37)20-12-16(32-6-8-38-9-7-32)14-34-23(20)30-21(22(35)25(34)36)24-29-13-17(39-24)10-15-2-3-19(28)18(27)11-15/h2-3,11-14,35H,4-10H2,1H3. The van der Waals surface area contributed by atoms with Crippen molar-refractivity contribution in [3.63, 3.8) is 0 Å². The smallest absolute Gasteiger partial charge is 0.324 e. The van der Waals surface area contributed by atoms with Crippen LogP contribution in [0.15, 0.2) is 41.5 Å². The van der Waals surface area contributed by atoms with Gasteiger partial charge >= 0.3 is 11.6 Å². The zero-order chi connectivity index (χ0) is 27.3. The second-order valence-corrected chi connectivity index (χ2v) is 10.9. The third-order valence-electron chi connectivity index (χ3n) is 6.87. The molecule has 0 aliphatic carbocycles. The highest BCUT2D eigenvalue weighted by molar-refractivity contribution is 7.15. The van der Waals surface area contributed by atoms with Gasteiger partial charge in [-0.05, 0) is 23.8 Å². The molecule has 4 aromatic rings. The molecule has 0 saturated carbocycles. The minimum Gasteiger partial charge on any atom is -0.501 e. The van der Waals surface area contributed by atoms with Gasteiger partial charge in [0.1, 0.15) is 16.5 Å². The van der Waals surface area contributed by atoms with E-state index in [1.807, 2.05) is 6.07 Å². The molecule has 1 aromatic carbocycles. The third kappa shape index (κ3) is 4.68. The Labute approximate surface area is 231 Å². The summed E-state index contributed by atoms with van der Waals surface area (Å²) in [5.41, 5.74) is 1.62. The molecule has 5 heterocycles. The summed E-state index contributed by atoms with van der Waals surface area (Å²) in [6, 6.07) is 6.16. The van der Waals surface area contributed by atoms with E-state index in [0.717, 1.165) is 16.1 Å². The number of fused-ring (bicyclic) bond motifs is 1. The van der Waals surface area contributed by atoms with E-state index in [0.29, 0.717) is 56.5 Å². The number of thiazole rings is 1. The summed E-state index contributed by atoms with van der Waals surface area (Å²) in [4.78, 5) is 41.6. The summed E-state index contributed by atoms with van der Waals surface area (Å²) in [5, 5.41) is 11.3. The minimum absolute atomic E-state index is 0.0326. The topological polar surface area (TPSA) is 104 Å². The van der Waals surface area contributed by atoms with E-state index in [1.54, 1.807) is 41.4 Å². The van der Waals surface area contributed by atoms with Crippen LogP contribution in [0.5, 0.6) is 5.75 Å². The number of hydrogen-bond donors (Lipinski definition) is 1. The molecule has 2 amide bonds. The van der Waals surface area contributed by atoms with Crippen LogP contribution in [0.3, 0.4) is 0 Å². The van der Waals surface area contributed by atoms with Gasteiger partial charge in [-0.1, -0.05) is 17.7 Å². The number of carbonyl (C=O) groups is 1. The number of anilines is 2. The van der Waals surface area contributed by atoms with Crippen LogP contribution in [0.25, 0.3) is 16.3 Å². The van der Waals surface area contributed by atoms with E-state index in [9.17, 15) is 19.1 Å². The average molecular weight is 571 g/mol. The Morgan fingerprint density at radius 1 is 1.15 bits per heavy atom. The van der Waals surface area contributed by atoms with Gasteiger partial charge in [0.15, 0.2) is 5.65 Å². The lowest BCUT2D eigenvalue weighted by atomic mass is 10.1. The molecule has 1 N–H and O–H groups in total. The number of urea groups is 1. The monoisotopic (exact) mass is 570 g/mol. The molecule has 13 heteroatoms. The van der Waals surface area contributed by atoms with Crippen LogP contribution >= 0.6 is 22.9 Å². The molecule has 0 bridgehead atoms. The van der Waals surface area contributed by atoms with Crippen LogP contribution in [0.1, 0.15) is 10.4 Å². The molecule has 202 valence electrons. The first-order valence-electron chi connectivity index (χ1n) is 12.3. The van der Waals surface area contributed by atoms with Gasteiger partial charge in [0.25, 0.3) is 0 Å². The van der Waals surface area contributed by atoms with E-state index in [4.69, 9.17) is 16.3 Å². The van der Waals surface area contributed by atoms with Crippen LogP contribution in [0, 0.1) is 5.82 Å². The molecule has 2 aliphatic rings. The lowest BCUT2D eigenvalue weighted by Crippen LogP contribution is -2.37. The number of benzene rings is 1. The van der Waals surface area contributed by atoms with Crippen molar-refractivity contribution >= 4 is 46.0 Å². The second kappa shape index (κ2) is 10.1. The summed E-state index contributed by atoms with van der Waals surface area (Å²) >= 11 is 7.17. The summed E-state index contributed by atoms with van der Waals surface area (Å²) < 4.78 is 20.3. The predicted molar refractivity (Wildman–Crippen MR) is 147 cm³/mol. The van der Waals surface area contributed by atoms with Crippen molar-refractivity contribution in [3.8, 4) is 16.5 Å². The molecule has 2 saturated heterocycles. The molecule has 3 aromatic heterocycles. The number of carbonyl (C=O) groups excluding carboxylic acids is 1. The summed E-state index contributed by atoms with van der Waals surface area (Å²) in [6.45, 7) is 3.33. The SMILES string of the molecule is CN1CCN(c2cc(N3CCOCC3)cn3c(=O)c(O)c(-c4ncc(Cc5ccc(F)c(Cl)c5)s4)nc23)C1=O. The molecule has 6 rings (SSSR count). The Morgan fingerprint density at radius 3 is 2.67 bits per heavy atom. The molecule has 0 atom stereocenters. The van der Waals surface area contributed by atoms with Gasteiger partial charge in [0.2, 0.25) is 5.75 Å². The Hall–Kier alpha value is -3.74. The molecular formula is C26H24ClFN6O4S. The van der Waals surface area contributed by atoms with Crippen molar-refractivity contribution in [1.29, 1.82) is 0 Å². The molecule has 39 heavy (non-hydrogen) atoms. The maximum Gasteiger partial charge on any atom is 0.324 e. The molecule has 10 nitrogen and oxygen atoms in total. The van der Waals surface area contributed by atoms with Crippen LogP contribution in [-0.4, -0.2) is 76.8 Å². The number of pyridine rings is 1. The maximum atomic E-state index is 13.5. The minimum atomic E-state index is -0.659. The Bertz CT molecular complexity index is 1650. The number of hydrogen-bond acceptors (Lipinski definition) is 8. The fourth-order valence-electron chi connectivity index (χ4n) is 4.76. The molecule has 2 aliphatic heterocycles. The highest BCUT2D eigenvalue weighted by atomic mass is 35.5. The van der Waals surface area contributed by atoms with Crippen molar-refractivity contribution in [2.75, 3.05) is 56.2 Å². The number of halogens is 2. The normalized spacial score (nSPS) is 16.1. The second-order valence-electron chi connectivity index (χ2n) is 9.40. The Kier molecular flexibility index (Phi) is 6.61. The van der Waals surface area contributed by atoms with Crippen molar-refractivity contribution < 1.29 is 19.0 Å². The first-order chi connectivity index (χ1) is 18.8. The van der Waals surface area contributed by atoms with Crippen LogP contribution in [0.4, 0.5) is 20.6 Å². The first kappa shape index (κ1) is 25.5. The lowest BCUT2D eigenvalue weighted by Gasteiger charge is -2.30.